The number of benzene rings is 1. The molecule has 32 heavy (non-hydrogen) atoms. The zero-order valence-corrected chi connectivity index (χ0v) is 17.8. The molecule has 0 unspecified atom stereocenters. The second kappa shape index (κ2) is 8.57. The van der Waals surface area contributed by atoms with Crippen LogP contribution in [0.3, 0.4) is 0 Å². The Hall–Kier alpha value is -4.09. The summed E-state index contributed by atoms with van der Waals surface area (Å²) in [6.07, 6.45) is 0. The van der Waals surface area contributed by atoms with Crippen molar-refractivity contribution in [2.45, 2.75) is 32.9 Å². The Morgan fingerprint density at radius 2 is 1.84 bits per heavy atom. The maximum absolute atomic E-state index is 13.0. The largest absolute Gasteiger partial charge is 0.501 e. The molecule has 2 heterocycles. The molecular weight excluding hydrogens is 423 g/mol. The van der Waals surface area contributed by atoms with E-state index in [1.807, 2.05) is 0 Å². The number of carbonyl (C=O) groups is 2. The molecular formula is C20H21FN6O5. The van der Waals surface area contributed by atoms with Crippen LogP contribution in [0.1, 0.15) is 52.3 Å². The number of aromatic hydroxyl groups is 1. The van der Waals surface area contributed by atoms with Gasteiger partial charge in [0.2, 0.25) is 11.6 Å². The van der Waals surface area contributed by atoms with Gasteiger partial charge in [0.25, 0.3) is 11.5 Å². The molecule has 0 fully saturated rings. The minimum atomic E-state index is -1.27. The van der Waals surface area contributed by atoms with Crippen LogP contribution < -0.4 is 16.2 Å². The van der Waals surface area contributed by atoms with E-state index >= 15 is 0 Å². The summed E-state index contributed by atoms with van der Waals surface area (Å²) in [6.45, 7) is 4.64. The van der Waals surface area contributed by atoms with Crippen molar-refractivity contribution in [2.75, 3.05) is 0 Å². The Kier molecular flexibility index (Phi) is 6.05. The summed E-state index contributed by atoms with van der Waals surface area (Å²) in [6, 6.07) is 5.44. The predicted octanol–water partition coefficient (Wildman–Crippen LogP) is 0.912. The minimum Gasteiger partial charge on any atom is -0.501 e. The lowest BCUT2D eigenvalue weighted by molar-refractivity contribution is 0.0869. The summed E-state index contributed by atoms with van der Waals surface area (Å²) >= 11 is 0. The number of carbonyl (C=O) groups excluding carboxylic acids is 2. The average molecular weight is 444 g/mol. The first-order valence-corrected chi connectivity index (χ1v) is 9.45. The summed E-state index contributed by atoms with van der Waals surface area (Å²) in [7, 11) is 1.34. The van der Waals surface area contributed by atoms with Crippen LogP contribution in [0.5, 0.6) is 5.75 Å². The van der Waals surface area contributed by atoms with Gasteiger partial charge in [-0.1, -0.05) is 12.1 Å². The molecule has 12 heteroatoms. The van der Waals surface area contributed by atoms with Crippen molar-refractivity contribution in [1.82, 2.24) is 30.4 Å². The third kappa shape index (κ3) is 4.63. The Balaban J connectivity index is 1.88. The molecule has 2 aromatic heterocycles. The van der Waals surface area contributed by atoms with Gasteiger partial charge in [-0.2, -0.15) is 0 Å². The highest BCUT2D eigenvalue weighted by Gasteiger charge is 2.32. The van der Waals surface area contributed by atoms with Gasteiger partial charge in [0.05, 0.1) is 5.54 Å². The lowest BCUT2D eigenvalue weighted by Crippen LogP contribution is -2.46. The van der Waals surface area contributed by atoms with Crippen LogP contribution in [0.2, 0.25) is 0 Å². The van der Waals surface area contributed by atoms with Gasteiger partial charge in [-0.3, -0.25) is 19.0 Å². The molecule has 11 nitrogen and oxygen atoms in total. The number of amides is 2. The number of nitrogens with zero attached hydrogens (tertiary/aromatic N) is 4. The summed E-state index contributed by atoms with van der Waals surface area (Å²) < 4.78 is 19.1. The maximum atomic E-state index is 13.0. The molecule has 0 saturated heterocycles. The molecule has 2 amide bonds. The van der Waals surface area contributed by atoms with Crippen molar-refractivity contribution in [1.29, 1.82) is 0 Å². The summed E-state index contributed by atoms with van der Waals surface area (Å²) in [5, 5.41) is 22.6. The Bertz CT molecular complexity index is 1230. The molecule has 0 bridgehead atoms. The number of rotatable bonds is 6. The van der Waals surface area contributed by atoms with Crippen LogP contribution in [-0.2, 0) is 19.1 Å². The second-order valence-electron chi connectivity index (χ2n) is 7.51. The maximum Gasteiger partial charge on any atom is 0.309 e. The average Bonchev–Trinajstić information content (AvgIpc) is 3.17. The van der Waals surface area contributed by atoms with Gasteiger partial charge >= 0.3 is 11.8 Å². The molecule has 3 aromatic rings. The van der Waals surface area contributed by atoms with Crippen molar-refractivity contribution < 1.29 is 23.5 Å². The predicted molar refractivity (Wildman–Crippen MR) is 108 cm³/mol. The number of nitrogens with one attached hydrogen (secondary N) is 2. The van der Waals surface area contributed by atoms with E-state index in [1.54, 1.807) is 13.8 Å². The lowest BCUT2D eigenvalue weighted by Gasteiger charge is -2.27. The molecule has 0 radical (unpaired) electrons. The normalized spacial score (nSPS) is 11.3. The van der Waals surface area contributed by atoms with E-state index in [2.05, 4.69) is 25.8 Å². The fraction of sp³-hybridized carbons (Fsp3) is 0.300. The zero-order valence-electron chi connectivity index (χ0n) is 17.8. The monoisotopic (exact) mass is 444 g/mol. The molecule has 0 spiro atoms. The molecule has 0 aliphatic carbocycles. The Labute approximate surface area is 181 Å². The number of aryl methyl sites for hydroxylation is 1. The van der Waals surface area contributed by atoms with Gasteiger partial charge in [-0.15, -0.1) is 10.2 Å². The minimum absolute atomic E-state index is 0.00294. The van der Waals surface area contributed by atoms with Crippen molar-refractivity contribution in [3.63, 3.8) is 0 Å². The van der Waals surface area contributed by atoms with Crippen molar-refractivity contribution in [3.8, 4) is 5.75 Å². The van der Waals surface area contributed by atoms with Crippen LogP contribution in [0, 0.1) is 12.7 Å². The van der Waals surface area contributed by atoms with E-state index in [1.165, 1.54) is 38.2 Å². The van der Waals surface area contributed by atoms with E-state index in [0.717, 1.165) is 4.57 Å². The standard InChI is InChI=1S/C20H21FN6O5/c1-10-25-26-17(32-10)16(30)24-20(2,3)19-23-13(14(28)18(31)27(19)4)15(29)22-9-11-5-7-12(21)8-6-11/h5-8,28H,9H2,1-4H3,(H,22,29)(H,24,30)/i21+0. The first-order valence-electron chi connectivity index (χ1n) is 9.45. The first-order chi connectivity index (χ1) is 15.0. The van der Waals surface area contributed by atoms with Gasteiger partial charge in [0.1, 0.15) is 11.6 Å². The molecule has 1 aromatic carbocycles. The van der Waals surface area contributed by atoms with Crippen LogP contribution in [0.4, 0.5) is 4.39 Å². The molecule has 0 aliphatic rings. The number of hydrogen-bond acceptors (Lipinski definition) is 8. The number of aromatic nitrogens is 4. The first kappa shape index (κ1) is 22.6. The SMILES string of the molecule is Cc1nnc(C(=O)NC(C)(C)c2nc(C(=O)NCc3ccc([19F])cc3)c(O)c(=O)n2C)o1. The van der Waals surface area contributed by atoms with E-state index in [9.17, 15) is 23.9 Å². The van der Waals surface area contributed by atoms with Crippen molar-refractivity contribution in [2.24, 2.45) is 7.05 Å². The molecule has 168 valence electrons. The molecule has 0 saturated carbocycles. The van der Waals surface area contributed by atoms with Gasteiger partial charge in [0, 0.05) is 20.5 Å². The Morgan fingerprint density at radius 3 is 2.44 bits per heavy atom. The van der Waals surface area contributed by atoms with Crippen LogP contribution in [0.15, 0.2) is 33.5 Å². The lowest BCUT2D eigenvalue weighted by atomic mass is 10.0. The zero-order chi connectivity index (χ0) is 23.6. The molecule has 0 atom stereocenters. The van der Waals surface area contributed by atoms with Crippen LogP contribution >= 0.6 is 0 Å². The van der Waals surface area contributed by atoms with Crippen LogP contribution in [0.25, 0.3) is 0 Å². The molecule has 3 N–H and O–H groups in total. The summed E-state index contributed by atoms with van der Waals surface area (Å²) in [5.41, 5.74) is -2.06. The highest BCUT2D eigenvalue weighted by Crippen LogP contribution is 2.20. The van der Waals surface area contributed by atoms with Gasteiger partial charge < -0.3 is 20.2 Å². The van der Waals surface area contributed by atoms with E-state index < -0.39 is 40.2 Å². The fourth-order valence-corrected chi connectivity index (χ4v) is 2.96. The van der Waals surface area contributed by atoms with E-state index in [4.69, 9.17) is 4.42 Å². The quantitative estimate of drug-likeness (QED) is 0.507. The fourth-order valence-electron chi connectivity index (χ4n) is 2.96. The summed E-state index contributed by atoms with van der Waals surface area (Å²) in [4.78, 5) is 41.7. The van der Waals surface area contributed by atoms with E-state index in [0.29, 0.717) is 5.56 Å². The highest BCUT2D eigenvalue weighted by atomic mass is 19.1. The van der Waals surface area contributed by atoms with Gasteiger partial charge in [-0.05, 0) is 31.5 Å². The number of halogens is 1. The number of hydrogen-bond donors (Lipinski definition) is 3. The summed E-state index contributed by atoms with van der Waals surface area (Å²) in [5.74, 6) is -2.88. The van der Waals surface area contributed by atoms with Gasteiger partial charge in [-0.25, -0.2) is 9.37 Å². The third-order valence-electron chi connectivity index (χ3n) is 4.55. The highest BCUT2D eigenvalue weighted by molar-refractivity contribution is 5.94. The Morgan fingerprint density at radius 1 is 1.19 bits per heavy atom. The van der Waals surface area contributed by atoms with Crippen molar-refractivity contribution >= 4 is 11.8 Å². The van der Waals surface area contributed by atoms with E-state index in [-0.39, 0.29) is 24.2 Å². The molecule has 3 rings (SSSR count). The topological polar surface area (TPSA) is 152 Å². The second-order valence-corrected chi connectivity index (χ2v) is 7.51. The third-order valence-corrected chi connectivity index (χ3v) is 4.55. The van der Waals surface area contributed by atoms with Crippen LogP contribution in [-0.4, -0.2) is 36.7 Å². The smallest absolute Gasteiger partial charge is 0.309 e. The van der Waals surface area contributed by atoms with Gasteiger partial charge in [0.15, 0.2) is 5.69 Å². The molecule has 0 aliphatic heterocycles. The van der Waals surface area contributed by atoms with Crippen molar-refractivity contribution in [3.05, 3.63) is 69.3 Å².